The molecule has 0 saturated carbocycles. The van der Waals surface area contributed by atoms with Crippen molar-refractivity contribution in [3.63, 3.8) is 0 Å². The van der Waals surface area contributed by atoms with Gasteiger partial charge in [-0.3, -0.25) is 4.79 Å². The maximum atomic E-state index is 12.2. The second-order valence-corrected chi connectivity index (χ2v) is 6.00. The van der Waals surface area contributed by atoms with Crippen LogP contribution in [0.25, 0.3) is 0 Å². The highest BCUT2D eigenvalue weighted by atomic mass is 79.9. The van der Waals surface area contributed by atoms with Crippen LogP contribution in [-0.4, -0.2) is 18.0 Å². The molecule has 2 rings (SSSR count). The molecule has 4 nitrogen and oxygen atoms in total. The van der Waals surface area contributed by atoms with Crippen molar-refractivity contribution >= 4 is 38.9 Å². The number of aromatic nitrogens is 1. The second-order valence-electron chi connectivity index (χ2n) is 3.95. The van der Waals surface area contributed by atoms with E-state index in [9.17, 15) is 4.79 Å². The zero-order chi connectivity index (χ0) is 14.0. The van der Waals surface area contributed by atoms with Crippen LogP contribution in [-0.2, 0) is 0 Å². The minimum atomic E-state index is -0.156. The molecule has 0 radical (unpaired) electrons. The van der Waals surface area contributed by atoms with Crippen LogP contribution in [0.3, 0.4) is 0 Å². The third-order valence-electron chi connectivity index (χ3n) is 2.53. The SMILES string of the molecule is COc1ccc(Br)c(NC(=O)c2sc(C)nc2C)c1. The largest absolute Gasteiger partial charge is 0.497 e. The van der Waals surface area contributed by atoms with E-state index in [-0.39, 0.29) is 5.91 Å². The number of hydrogen-bond acceptors (Lipinski definition) is 4. The Kier molecular flexibility index (Phi) is 4.21. The molecule has 0 atom stereocenters. The molecule has 0 aliphatic heterocycles. The predicted octanol–water partition coefficient (Wildman–Crippen LogP) is 3.78. The summed E-state index contributed by atoms with van der Waals surface area (Å²) in [5.74, 6) is 0.535. The highest BCUT2D eigenvalue weighted by Crippen LogP contribution is 2.28. The molecule has 2 aromatic rings. The molecule has 1 heterocycles. The summed E-state index contributed by atoms with van der Waals surface area (Å²) in [5.41, 5.74) is 1.42. The van der Waals surface area contributed by atoms with Crippen LogP contribution in [0.15, 0.2) is 22.7 Å². The van der Waals surface area contributed by atoms with Gasteiger partial charge in [0.1, 0.15) is 10.6 Å². The first-order chi connectivity index (χ1) is 9.01. The van der Waals surface area contributed by atoms with E-state index in [2.05, 4.69) is 26.2 Å². The molecule has 100 valence electrons. The number of thiazole rings is 1. The van der Waals surface area contributed by atoms with Gasteiger partial charge in [0.25, 0.3) is 5.91 Å². The van der Waals surface area contributed by atoms with Crippen molar-refractivity contribution in [1.82, 2.24) is 4.98 Å². The molecule has 0 fully saturated rings. The van der Waals surface area contributed by atoms with Gasteiger partial charge in [0.05, 0.1) is 23.5 Å². The smallest absolute Gasteiger partial charge is 0.267 e. The Balaban J connectivity index is 2.26. The summed E-state index contributed by atoms with van der Waals surface area (Å²) < 4.78 is 5.95. The minimum Gasteiger partial charge on any atom is -0.497 e. The van der Waals surface area contributed by atoms with Crippen LogP contribution in [0.4, 0.5) is 5.69 Å². The zero-order valence-electron chi connectivity index (χ0n) is 10.8. The number of nitrogens with zero attached hydrogens (tertiary/aromatic N) is 1. The number of anilines is 1. The Morgan fingerprint density at radius 3 is 2.74 bits per heavy atom. The summed E-state index contributed by atoms with van der Waals surface area (Å²) in [6.07, 6.45) is 0. The van der Waals surface area contributed by atoms with Gasteiger partial charge in [0.2, 0.25) is 0 Å². The van der Waals surface area contributed by atoms with Gasteiger partial charge in [-0.15, -0.1) is 11.3 Å². The molecule has 1 N–H and O–H groups in total. The highest BCUT2D eigenvalue weighted by Gasteiger charge is 2.15. The van der Waals surface area contributed by atoms with Gasteiger partial charge in [-0.2, -0.15) is 0 Å². The van der Waals surface area contributed by atoms with Gasteiger partial charge < -0.3 is 10.1 Å². The van der Waals surface area contributed by atoms with E-state index < -0.39 is 0 Å². The molecule has 0 bridgehead atoms. The summed E-state index contributed by atoms with van der Waals surface area (Å²) in [4.78, 5) is 17.1. The van der Waals surface area contributed by atoms with Crippen molar-refractivity contribution in [2.45, 2.75) is 13.8 Å². The Hall–Kier alpha value is -1.40. The number of carbonyl (C=O) groups excluding carboxylic acids is 1. The van der Waals surface area contributed by atoms with Gasteiger partial charge in [0, 0.05) is 10.5 Å². The molecule has 1 aromatic carbocycles. The van der Waals surface area contributed by atoms with Crippen molar-refractivity contribution in [2.75, 3.05) is 12.4 Å². The van der Waals surface area contributed by atoms with Crippen LogP contribution >= 0.6 is 27.3 Å². The number of benzene rings is 1. The fourth-order valence-electron chi connectivity index (χ4n) is 1.65. The number of halogens is 1. The summed E-state index contributed by atoms with van der Waals surface area (Å²) in [7, 11) is 1.59. The molecular formula is C13H13BrN2O2S. The molecule has 0 saturated heterocycles. The fourth-order valence-corrected chi connectivity index (χ4v) is 2.81. The van der Waals surface area contributed by atoms with Crippen molar-refractivity contribution in [3.05, 3.63) is 38.3 Å². The fraction of sp³-hybridized carbons (Fsp3) is 0.231. The number of nitrogens with one attached hydrogen (secondary N) is 1. The number of aryl methyl sites for hydroxylation is 2. The number of methoxy groups -OCH3 is 1. The normalized spacial score (nSPS) is 10.3. The number of rotatable bonds is 3. The molecule has 19 heavy (non-hydrogen) atoms. The first kappa shape index (κ1) is 14.0. The van der Waals surface area contributed by atoms with Crippen LogP contribution < -0.4 is 10.1 Å². The van der Waals surface area contributed by atoms with Crippen LogP contribution in [0.5, 0.6) is 5.75 Å². The lowest BCUT2D eigenvalue weighted by atomic mass is 10.3. The topological polar surface area (TPSA) is 51.2 Å². The molecule has 1 aromatic heterocycles. The lowest BCUT2D eigenvalue weighted by Gasteiger charge is -2.08. The standard InChI is InChI=1S/C13H13BrN2O2S/c1-7-12(19-8(2)15-7)13(17)16-11-6-9(18-3)4-5-10(11)14/h4-6H,1-3H3,(H,16,17). The third kappa shape index (κ3) is 3.13. The summed E-state index contributed by atoms with van der Waals surface area (Å²) in [6.45, 7) is 3.72. The molecule has 0 unspecified atom stereocenters. The van der Waals surface area contributed by atoms with Crippen molar-refractivity contribution in [3.8, 4) is 5.75 Å². The summed E-state index contributed by atoms with van der Waals surface area (Å²) >= 11 is 4.79. The lowest BCUT2D eigenvalue weighted by Crippen LogP contribution is -2.12. The average molecular weight is 341 g/mol. The van der Waals surface area contributed by atoms with Gasteiger partial charge >= 0.3 is 0 Å². The predicted molar refractivity (Wildman–Crippen MR) is 80.2 cm³/mol. The zero-order valence-corrected chi connectivity index (χ0v) is 13.2. The van der Waals surface area contributed by atoms with Crippen molar-refractivity contribution in [2.24, 2.45) is 0 Å². The number of ether oxygens (including phenoxy) is 1. The van der Waals surface area contributed by atoms with Crippen molar-refractivity contribution in [1.29, 1.82) is 0 Å². The third-order valence-corrected chi connectivity index (χ3v) is 4.29. The van der Waals surface area contributed by atoms with Gasteiger partial charge in [-0.1, -0.05) is 0 Å². The molecule has 0 aliphatic rings. The van der Waals surface area contributed by atoms with Crippen LogP contribution in [0.1, 0.15) is 20.4 Å². The average Bonchev–Trinajstić information content (AvgIpc) is 2.71. The Labute approximate surface area is 124 Å². The maximum absolute atomic E-state index is 12.2. The molecule has 0 aliphatic carbocycles. The van der Waals surface area contributed by atoms with Crippen molar-refractivity contribution < 1.29 is 9.53 Å². The molecule has 6 heteroatoms. The minimum absolute atomic E-state index is 0.156. The summed E-state index contributed by atoms with van der Waals surface area (Å²) in [5, 5.41) is 3.74. The highest BCUT2D eigenvalue weighted by molar-refractivity contribution is 9.10. The van der Waals surface area contributed by atoms with E-state index in [0.29, 0.717) is 16.3 Å². The van der Waals surface area contributed by atoms with E-state index in [0.717, 1.165) is 15.2 Å². The van der Waals surface area contributed by atoms with Gasteiger partial charge in [-0.25, -0.2) is 4.98 Å². The number of hydrogen-bond donors (Lipinski definition) is 1. The number of amides is 1. The first-order valence-electron chi connectivity index (χ1n) is 5.60. The maximum Gasteiger partial charge on any atom is 0.267 e. The Morgan fingerprint density at radius 2 is 2.16 bits per heavy atom. The lowest BCUT2D eigenvalue weighted by molar-refractivity contribution is 0.102. The van der Waals surface area contributed by atoms with E-state index in [4.69, 9.17) is 4.74 Å². The van der Waals surface area contributed by atoms with E-state index in [1.807, 2.05) is 26.0 Å². The van der Waals surface area contributed by atoms with Gasteiger partial charge in [-0.05, 0) is 41.9 Å². The van der Waals surface area contributed by atoms with Gasteiger partial charge in [0.15, 0.2) is 0 Å². The van der Waals surface area contributed by atoms with E-state index in [1.54, 1.807) is 13.2 Å². The second kappa shape index (κ2) is 5.71. The quantitative estimate of drug-likeness (QED) is 0.924. The molecule has 1 amide bonds. The first-order valence-corrected chi connectivity index (χ1v) is 7.21. The van der Waals surface area contributed by atoms with E-state index in [1.165, 1.54) is 11.3 Å². The van der Waals surface area contributed by atoms with E-state index >= 15 is 0 Å². The molecule has 0 spiro atoms. The van der Waals surface area contributed by atoms with Crippen LogP contribution in [0.2, 0.25) is 0 Å². The van der Waals surface area contributed by atoms with Crippen LogP contribution in [0, 0.1) is 13.8 Å². The molecular weight excluding hydrogens is 328 g/mol. The monoisotopic (exact) mass is 340 g/mol. The summed E-state index contributed by atoms with van der Waals surface area (Å²) in [6, 6.07) is 5.42. The Bertz CT molecular complexity index is 625. The Morgan fingerprint density at radius 1 is 1.42 bits per heavy atom. The number of carbonyl (C=O) groups is 1.